The van der Waals surface area contributed by atoms with Crippen molar-refractivity contribution in [3.8, 4) is 39.5 Å². The van der Waals surface area contributed by atoms with Gasteiger partial charge in [-0.1, -0.05) is 56.3 Å². The maximum atomic E-state index is 12.9. The zero-order valence-corrected chi connectivity index (χ0v) is 20.7. The maximum absolute atomic E-state index is 12.9. The molecule has 0 radical (unpaired) electrons. The summed E-state index contributed by atoms with van der Waals surface area (Å²) in [5, 5.41) is 0. The molecule has 0 aliphatic carbocycles. The highest BCUT2D eigenvalue weighted by molar-refractivity contribution is 5.96. The van der Waals surface area contributed by atoms with Gasteiger partial charge in [0.2, 0.25) is 0 Å². The second-order valence-electron chi connectivity index (χ2n) is 9.42. The average Bonchev–Trinajstić information content (AvgIpc) is 3.33. The summed E-state index contributed by atoms with van der Waals surface area (Å²) in [6.07, 6.45) is 5.19. The van der Waals surface area contributed by atoms with Crippen molar-refractivity contribution in [3.05, 3.63) is 125 Å². The Morgan fingerprint density at radius 2 is 1.62 bits per heavy atom. The molecular weight excluding hydrogens is 456 g/mol. The van der Waals surface area contributed by atoms with Crippen molar-refractivity contribution in [2.45, 2.75) is 19.8 Å². The molecule has 0 spiro atoms. The number of aromatic nitrogens is 4. The minimum atomic E-state index is -0.0768. The van der Waals surface area contributed by atoms with Crippen LogP contribution in [0.2, 0.25) is 0 Å². The second kappa shape index (κ2) is 9.36. The number of para-hydroxylation sites is 2. The molecule has 0 bridgehead atoms. The largest absolute Gasteiger partial charge is 0.367 e. The SMILES string of the molecule is CC(C)c1cc(-c2ccccn2)cc(-c2cccc3c2nc(-c2c[nH]ccc2=O)n3-c2ccccc2)c1. The first-order valence-electron chi connectivity index (χ1n) is 12.4. The van der Waals surface area contributed by atoms with Crippen LogP contribution in [0.3, 0.4) is 0 Å². The third-order valence-electron chi connectivity index (χ3n) is 6.66. The van der Waals surface area contributed by atoms with Gasteiger partial charge in [0.25, 0.3) is 0 Å². The molecule has 37 heavy (non-hydrogen) atoms. The van der Waals surface area contributed by atoms with Crippen LogP contribution >= 0.6 is 0 Å². The molecule has 0 aliphatic rings. The Hall–Kier alpha value is -4.77. The number of pyridine rings is 2. The predicted molar refractivity (Wildman–Crippen MR) is 150 cm³/mol. The van der Waals surface area contributed by atoms with E-state index in [4.69, 9.17) is 4.98 Å². The zero-order valence-electron chi connectivity index (χ0n) is 20.7. The molecule has 3 heterocycles. The summed E-state index contributed by atoms with van der Waals surface area (Å²) in [6.45, 7) is 4.40. The Kier molecular flexibility index (Phi) is 5.73. The quantitative estimate of drug-likeness (QED) is 0.282. The zero-order chi connectivity index (χ0) is 25.4. The van der Waals surface area contributed by atoms with Crippen LogP contribution in [0.25, 0.3) is 50.5 Å². The van der Waals surface area contributed by atoms with E-state index in [1.54, 1.807) is 12.4 Å². The molecule has 5 nitrogen and oxygen atoms in total. The first kappa shape index (κ1) is 22.7. The molecule has 1 N–H and O–H groups in total. The van der Waals surface area contributed by atoms with Crippen LogP contribution in [-0.2, 0) is 0 Å². The van der Waals surface area contributed by atoms with Gasteiger partial charge in [-0.2, -0.15) is 0 Å². The highest BCUT2D eigenvalue weighted by atomic mass is 16.1. The van der Waals surface area contributed by atoms with Crippen molar-refractivity contribution >= 4 is 11.0 Å². The maximum Gasteiger partial charge on any atom is 0.192 e. The van der Waals surface area contributed by atoms with Crippen LogP contribution in [0, 0.1) is 0 Å². The van der Waals surface area contributed by atoms with Crippen molar-refractivity contribution in [1.29, 1.82) is 0 Å². The molecule has 5 heteroatoms. The van der Waals surface area contributed by atoms with Crippen molar-refractivity contribution in [1.82, 2.24) is 19.5 Å². The van der Waals surface area contributed by atoms with E-state index in [1.807, 2.05) is 54.7 Å². The number of nitrogens with zero attached hydrogens (tertiary/aromatic N) is 3. The number of hydrogen-bond donors (Lipinski definition) is 1. The molecule has 0 saturated carbocycles. The minimum absolute atomic E-state index is 0.0768. The molecule has 0 fully saturated rings. The summed E-state index contributed by atoms with van der Waals surface area (Å²) in [5.41, 5.74) is 8.51. The van der Waals surface area contributed by atoms with E-state index >= 15 is 0 Å². The lowest BCUT2D eigenvalue weighted by molar-refractivity contribution is 0.867. The third-order valence-corrected chi connectivity index (χ3v) is 6.66. The van der Waals surface area contributed by atoms with Crippen molar-refractivity contribution < 1.29 is 0 Å². The average molecular weight is 483 g/mol. The summed E-state index contributed by atoms with van der Waals surface area (Å²) < 4.78 is 2.06. The molecule has 3 aromatic carbocycles. The lowest BCUT2D eigenvalue weighted by Crippen LogP contribution is -2.07. The van der Waals surface area contributed by atoms with Crippen LogP contribution in [0.15, 0.2) is 114 Å². The number of benzene rings is 3. The van der Waals surface area contributed by atoms with Crippen LogP contribution < -0.4 is 5.43 Å². The number of imidazole rings is 1. The van der Waals surface area contributed by atoms with Gasteiger partial charge in [0, 0.05) is 41.5 Å². The molecule has 0 aliphatic heterocycles. The van der Waals surface area contributed by atoms with E-state index in [0.29, 0.717) is 17.3 Å². The van der Waals surface area contributed by atoms with Gasteiger partial charge in [-0.25, -0.2) is 4.98 Å². The highest BCUT2D eigenvalue weighted by Gasteiger charge is 2.20. The number of nitrogens with one attached hydrogen (secondary N) is 1. The van der Waals surface area contributed by atoms with Crippen LogP contribution in [0.4, 0.5) is 0 Å². The predicted octanol–water partition coefficient (Wildman–Crippen LogP) is 7.23. The van der Waals surface area contributed by atoms with Gasteiger partial charge in [-0.3, -0.25) is 14.3 Å². The molecule has 0 saturated heterocycles. The van der Waals surface area contributed by atoms with E-state index in [1.165, 1.54) is 11.6 Å². The molecule has 6 aromatic rings. The second-order valence-corrected chi connectivity index (χ2v) is 9.42. The molecule has 0 atom stereocenters. The van der Waals surface area contributed by atoms with Gasteiger partial charge in [-0.05, 0) is 59.5 Å². The fourth-order valence-corrected chi connectivity index (χ4v) is 4.76. The molecule has 180 valence electrons. The topological polar surface area (TPSA) is 63.6 Å². The molecule has 0 unspecified atom stereocenters. The lowest BCUT2D eigenvalue weighted by atomic mass is 9.93. The van der Waals surface area contributed by atoms with Gasteiger partial charge >= 0.3 is 0 Å². The first-order valence-corrected chi connectivity index (χ1v) is 12.4. The standard InChI is InChI=1S/C32H26N4O/c1-21(2)22-17-23(19-24(18-22)28-12-6-7-15-34-28)26-11-8-13-29-31(26)35-32(27-20-33-16-14-30(27)37)36(29)25-9-4-3-5-10-25/h3-21H,1-2H3,(H,33,37). The van der Waals surface area contributed by atoms with Crippen molar-refractivity contribution in [2.75, 3.05) is 0 Å². The number of hydrogen-bond acceptors (Lipinski definition) is 3. The van der Waals surface area contributed by atoms with Gasteiger partial charge in [0.1, 0.15) is 0 Å². The summed E-state index contributed by atoms with van der Waals surface area (Å²) in [6, 6.07) is 30.4. The van der Waals surface area contributed by atoms with Crippen LogP contribution in [-0.4, -0.2) is 19.5 Å². The van der Waals surface area contributed by atoms with Crippen molar-refractivity contribution in [3.63, 3.8) is 0 Å². The Bertz CT molecular complexity index is 1770. The Morgan fingerprint density at radius 1 is 0.811 bits per heavy atom. The van der Waals surface area contributed by atoms with Gasteiger partial charge < -0.3 is 4.98 Å². The molecular formula is C32H26N4O. The van der Waals surface area contributed by atoms with Crippen LogP contribution in [0.1, 0.15) is 25.3 Å². The van der Waals surface area contributed by atoms with E-state index in [0.717, 1.165) is 39.1 Å². The number of fused-ring (bicyclic) bond motifs is 1. The van der Waals surface area contributed by atoms with E-state index < -0.39 is 0 Å². The fourth-order valence-electron chi connectivity index (χ4n) is 4.76. The first-order chi connectivity index (χ1) is 18.1. The van der Waals surface area contributed by atoms with Crippen molar-refractivity contribution in [2.24, 2.45) is 0 Å². The summed E-state index contributed by atoms with van der Waals surface area (Å²) in [7, 11) is 0. The fraction of sp³-hybridized carbons (Fsp3) is 0.0938. The lowest BCUT2D eigenvalue weighted by Gasteiger charge is -2.13. The summed E-state index contributed by atoms with van der Waals surface area (Å²) >= 11 is 0. The summed E-state index contributed by atoms with van der Waals surface area (Å²) in [5.74, 6) is 0.961. The number of aromatic amines is 1. The Morgan fingerprint density at radius 3 is 2.38 bits per heavy atom. The normalized spacial score (nSPS) is 11.3. The third kappa shape index (κ3) is 4.15. The van der Waals surface area contributed by atoms with Gasteiger partial charge in [0.15, 0.2) is 11.3 Å². The summed E-state index contributed by atoms with van der Waals surface area (Å²) in [4.78, 5) is 25.6. The molecule has 6 rings (SSSR count). The monoisotopic (exact) mass is 482 g/mol. The Labute approximate surface area is 215 Å². The van der Waals surface area contributed by atoms with Crippen LogP contribution in [0.5, 0.6) is 0 Å². The number of rotatable bonds is 5. The molecule has 3 aromatic heterocycles. The smallest absolute Gasteiger partial charge is 0.192 e. The van der Waals surface area contributed by atoms with E-state index in [-0.39, 0.29) is 5.43 Å². The van der Waals surface area contributed by atoms with E-state index in [2.05, 4.69) is 64.8 Å². The van der Waals surface area contributed by atoms with Gasteiger partial charge in [-0.15, -0.1) is 0 Å². The highest BCUT2D eigenvalue weighted by Crippen LogP contribution is 2.36. The van der Waals surface area contributed by atoms with Gasteiger partial charge in [0.05, 0.1) is 22.3 Å². The Balaban J connectivity index is 1.65. The molecule has 0 amide bonds. The van der Waals surface area contributed by atoms with E-state index in [9.17, 15) is 4.79 Å². The number of H-pyrrole nitrogens is 1. The minimum Gasteiger partial charge on any atom is -0.367 e.